The molecule has 0 saturated carbocycles. The van der Waals surface area contributed by atoms with Crippen LogP contribution in [0.3, 0.4) is 0 Å². The fraction of sp³-hybridized carbons (Fsp3) is 0. The first-order valence-corrected chi connectivity index (χ1v) is 4.85. The van der Waals surface area contributed by atoms with Crippen LogP contribution in [0.4, 0.5) is 0 Å². The maximum atomic E-state index is 6.65. The summed E-state index contributed by atoms with van der Waals surface area (Å²) >= 11 is 0. The highest BCUT2D eigenvalue weighted by Gasteiger charge is 1.54. The number of hydrogen-bond donors (Lipinski definition) is 1. The number of hydrogen-bond acceptors (Lipinski definition) is 1. The molecule has 0 bridgehead atoms. The van der Waals surface area contributed by atoms with E-state index in [1.54, 1.807) is 0 Å². The summed E-state index contributed by atoms with van der Waals surface area (Å²) in [5.41, 5.74) is 0. The van der Waals surface area contributed by atoms with Crippen molar-refractivity contribution in [2.45, 2.75) is 0 Å². The maximum Gasteiger partial charge on any atom is 0.157 e. The predicted molar refractivity (Wildman–Crippen MR) is 29.3 cm³/mol. The molecule has 0 saturated heterocycles. The van der Waals surface area contributed by atoms with Gasteiger partial charge < -0.3 is 5.16 Å². The highest BCUT2D eigenvalue weighted by atomic mass is 32.0. The van der Waals surface area contributed by atoms with E-state index in [1.807, 2.05) is 7.57 Å². The van der Waals surface area contributed by atoms with Gasteiger partial charge in [0.25, 0.3) is 0 Å². The zero-order valence-corrected chi connectivity index (χ0v) is 4.73. The van der Waals surface area contributed by atoms with Crippen molar-refractivity contribution in [3.63, 3.8) is 0 Å². The van der Waals surface area contributed by atoms with Crippen LogP contribution < -0.4 is 0 Å². The Hall–Kier alpha value is 0.725. The van der Waals surface area contributed by atoms with Crippen LogP contribution in [0.2, 0.25) is 0 Å². The van der Waals surface area contributed by atoms with E-state index in [0.717, 1.165) is 0 Å². The Morgan fingerprint density at radius 1 is 2.00 bits per heavy atom. The molecule has 0 rings (SSSR count). The van der Waals surface area contributed by atoms with Crippen molar-refractivity contribution in [2.24, 2.45) is 0 Å². The second-order valence-corrected chi connectivity index (χ2v) is 4.65. The average Bonchev–Trinajstić information content (AvgIpc) is 0.811. The zero-order chi connectivity index (χ0) is 3.58. The van der Waals surface area contributed by atoms with E-state index in [0.29, 0.717) is 0 Å². The predicted octanol–water partition coefficient (Wildman–Crippen LogP) is 0.301. The highest BCUT2D eigenvalue weighted by molar-refractivity contribution is 8.19. The van der Waals surface area contributed by atoms with Gasteiger partial charge in [-0.25, -0.2) is 0 Å². The first-order valence-electron chi connectivity index (χ1n) is 1.04. The Bertz CT molecular complexity index is 29.0. The van der Waals surface area contributed by atoms with Gasteiger partial charge in [-0.2, -0.15) is 0 Å². The van der Waals surface area contributed by atoms with E-state index < -0.39 is 7.28 Å². The Labute approximate surface area is 29.9 Å². The largest absolute Gasteiger partial charge is 0.327 e. The fourth-order valence-electron chi connectivity index (χ4n) is 0. The number of rotatable bonds is 0. The van der Waals surface area contributed by atoms with Gasteiger partial charge in [0.15, 0.2) is 7.57 Å². The minimum atomic E-state index is -0.713. The summed E-state index contributed by atoms with van der Waals surface area (Å²) in [4.78, 5) is 0. The Morgan fingerprint density at radius 3 is 2.00 bits per heavy atom. The van der Waals surface area contributed by atoms with Gasteiger partial charge in [0.05, 0.1) is 0 Å². The smallest absolute Gasteiger partial charge is 0.157 e. The minimum Gasteiger partial charge on any atom is -0.327 e. The summed E-state index contributed by atoms with van der Waals surface area (Å²) in [5, 5.41) is 6.65. The van der Waals surface area contributed by atoms with Crippen molar-refractivity contribution in [3.05, 3.63) is 0 Å². The molecule has 0 radical (unpaired) electrons. The molecule has 0 aromatic carbocycles. The highest BCUT2D eigenvalue weighted by Crippen LogP contribution is 2.22. The molecule has 0 heterocycles. The third-order valence-electron chi connectivity index (χ3n) is 0. The molecule has 0 aliphatic carbocycles. The van der Waals surface area contributed by atoms with Crippen LogP contribution in [0.5, 0.6) is 0 Å². The number of nitrogens with one attached hydrogen (secondary N) is 1. The van der Waals surface area contributed by atoms with Crippen LogP contribution >= 0.6 is 16.2 Å². The lowest BCUT2D eigenvalue weighted by atomic mass is 10.8. The van der Waals surface area contributed by atoms with Crippen molar-refractivity contribution < 1.29 is 0 Å². The van der Waals surface area contributed by atoms with Gasteiger partial charge in [-0.3, -0.25) is 0 Å². The zero-order valence-electron chi connectivity index (χ0n) is 2.58. The van der Waals surface area contributed by atoms with Crippen molar-refractivity contribution in [3.8, 4) is 0 Å². The van der Waals surface area contributed by atoms with Crippen LogP contribution in [0.25, 0.3) is 0 Å². The van der Waals surface area contributed by atoms with Gasteiger partial charge in [0.2, 0.25) is 0 Å². The molecule has 0 aromatic heterocycles. The van der Waals surface area contributed by atoms with Crippen molar-refractivity contribution >= 4 is 23.8 Å². The molecule has 24 valence electrons. The lowest BCUT2D eigenvalue weighted by molar-refractivity contribution is 1.65. The van der Waals surface area contributed by atoms with Crippen LogP contribution in [0, 0.1) is 5.16 Å². The average molecular weight is 92.8 g/mol. The normalized spacial score (nSPS) is 15.2. The van der Waals surface area contributed by atoms with Gasteiger partial charge in [-0.1, -0.05) is 7.28 Å². The minimum absolute atomic E-state index is 0.713. The Kier molecular flexibility index (Phi) is 2.35. The standard InChI is InChI=1S/BH6NP2/c1-4(2)3/h2,4H,1,3H2. The molecular formula is H6BNP2. The van der Waals surface area contributed by atoms with Gasteiger partial charge >= 0.3 is 0 Å². The Morgan fingerprint density at radius 2 is 2.00 bits per heavy atom. The van der Waals surface area contributed by atoms with E-state index in [2.05, 4.69) is 8.93 Å². The summed E-state index contributed by atoms with van der Waals surface area (Å²) in [7, 11) is 3.61. The SMILES string of the molecule is B[PH](=N)P. The van der Waals surface area contributed by atoms with Gasteiger partial charge in [0, 0.05) is 0 Å². The van der Waals surface area contributed by atoms with Crippen molar-refractivity contribution in [1.82, 2.24) is 0 Å². The molecule has 4 heteroatoms. The lowest BCUT2D eigenvalue weighted by Crippen LogP contribution is -1.21. The molecule has 0 aliphatic heterocycles. The molecule has 4 heavy (non-hydrogen) atoms. The fourth-order valence-corrected chi connectivity index (χ4v) is 0. The molecule has 1 nitrogen and oxygen atoms in total. The van der Waals surface area contributed by atoms with Gasteiger partial charge in [0.1, 0.15) is 0 Å². The molecule has 2 atom stereocenters. The molecule has 1 N–H and O–H groups in total. The molecule has 0 aliphatic rings. The quantitative estimate of drug-likeness (QED) is 0.329. The topological polar surface area (TPSA) is 23.9 Å². The van der Waals surface area contributed by atoms with E-state index in [9.17, 15) is 0 Å². The van der Waals surface area contributed by atoms with E-state index >= 15 is 0 Å². The molecule has 0 fully saturated rings. The van der Waals surface area contributed by atoms with Gasteiger partial charge in [-0.05, 0) is 0 Å². The molecule has 2 unspecified atom stereocenters. The van der Waals surface area contributed by atoms with Crippen LogP contribution in [-0.2, 0) is 0 Å². The van der Waals surface area contributed by atoms with E-state index in [1.165, 1.54) is 0 Å². The molecule has 0 spiro atoms. The first kappa shape index (κ1) is 4.72. The summed E-state index contributed by atoms with van der Waals surface area (Å²) in [5.74, 6) is 0. The Balaban J connectivity index is 2.80. The summed E-state index contributed by atoms with van der Waals surface area (Å²) in [6.45, 7) is 0. The van der Waals surface area contributed by atoms with Crippen molar-refractivity contribution in [2.75, 3.05) is 0 Å². The first-order chi connectivity index (χ1) is 1.73. The molecular weight excluding hydrogens is 86.8 g/mol. The van der Waals surface area contributed by atoms with Crippen LogP contribution in [0.15, 0.2) is 0 Å². The van der Waals surface area contributed by atoms with E-state index in [-0.39, 0.29) is 0 Å². The van der Waals surface area contributed by atoms with Crippen LogP contribution in [0.1, 0.15) is 0 Å². The van der Waals surface area contributed by atoms with Gasteiger partial charge in [-0.15, -0.1) is 8.93 Å². The lowest BCUT2D eigenvalue weighted by Gasteiger charge is -1.65. The molecule has 0 amide bonds. The van der Waals surface area contributed by atoms with Crippen LogP contribution in [-0.4, -0.2) is 7.57 Å². The third kappa shape index (κ3) is 15.4. The maximum absolute atomic E-state index is 6.65. The summed E-state index contributed by atoms with van der Waals surface area (Å²) in [6.07, 6.45) is 0. The van der Waals surface area contributed by atoms with E-state index in [4.69, 9.17) is 5.16 Å². The molecule has 0 aromatic rings. The third-order valence-corrected chi connectivity index (χ3v) is 0. The second kappa shape index (κ2) is 1.99. The van der Waals surface area contributed by atoms with Crippen molar-refractivity contribution in [1.29, 1.82) is 5.16 Å². The second-order valence-electron chi connectivity index (χ2n) is 0.683. The summed E-state index contributed by atoms with van der Waals surface area (Å²) in [6, 6.07) is 0. The summed E-state index contributed by atoms with van der Waals surface area (Å²) < 4.78 is 0. The monoisotopic (exact) mass is 93.0 g/mol.